The molecular formula is C23H27ClN2O4. The topological polar surface area (TPSA) is 65.7 Å². The smallest absolute Gasteiger partial charge is 0.410 e. The van der Waals surface area contributed by atoms with E-state index < -0.39 is 17.3 Å². The van der Waals surface area contributed by atoms with Crippen LogP contribution in [0.5, 0.6) is 0 Å². The second-order valence-corrected chi connectivity index (χ2v) is 9.59. The maximum absolute atomic E-state index is 12.6. The minimum Gasteiger partial charge on any atom is -0.618 e. The summed E-state index contributed by atoms with van der Waals surface area (Å²) in [4.78, 5) is 14.4. The van der Waals surface area contributed by atoms with E-state index in [0.29, 0.717) is 30.1 Å². The highest BCUT2D eigenvalue weighted by atomic mass is 35.5. The van der Waals surface area contributed by atoms with Gasteiger partial charge >= 0.3 is 6.09 Å². The highest BCUT2D eigenvalue weighted by molar-refractivity contribution is 6.30. The average molecular weight is 431 g/mol. The van der Waals surface area contributed by atoms with Crippen molar-refractivity contribution >= 4 is 17.7 Å². The van der Waals surface area contributed by atoms with Gasteiger partial charge in [0.1, 0.15) is 5.60 Å². The Balaban J connectivity index is 1.64. The van der Waals surface area contributed by atoms with Crippen LogP contribution in [0.2, 0.25) is 5.02 Å². The average Bonchev–Trinajstić information content (AvgIpc) is 2.96. The molecule has 30 heavy (non-hydrogen) atoms. The van der Waals surface area contributed by atoms with Crippen molar-refractivity contribution < 1.29 is 19.0 Å². The third-order valence-corrected chi connectivity index (χ3v) is 6.03. The van der Waals surface area contributed by atoms with Crippen LogP contribution < -0.4 is 4.73 Å². The van der Waals surface area contributed by atoms with Gasteiger partial charge in [-0.25, -0.2) is 4.79 Å². The number of nitrogens with zero attached hydrogens (tertiary/aromatic N) is 2. The van der Waals surface area contributed by atoms with Crippen LogP contribution in [-0.2, 0) is 15.1 Å². The van der Waals surface area contributed by atoms with Crippen molar-refractivity contribution in [2.75, 3.05) is 6.54 Å². The van der Waals surface area contributed by atoms with Crippen molar-refractivity contribution in [1.82, 2.24) is 4.90 Å². The first-order valence-electron chi connectivity index (χ1n) is 10.3. The maximum Gasteiger partial charge on any atom is 0.410 e. The summed E-state index contributed by atoms with van der Waals surface area (Å²) in [6.07, 6.45) is 1.85. The van der Waals surface area contributed by atoms with Gasteiger partial charge in [0.05, 0.1) is 10.6 Å². The van der Waals surface area contributed by atoms with Gasteiger partial charge in [-0.1, -0.05) is 35.9 Å². The summed E-state index contributed by atoms with van der Waals surface area (Å²) in [7, 11) is 0. The number of piperidine rings is 1. The number of carbonyl (C=O) groups excluding carboxylic acids is 1. The summed E-state index contributed by atoms with van der Waals surface area (Å²) in [6.45, 7) is 8.13. The summed E-state index contributed by atoms with van der Waals surface area (Å²) in [5.41, 5.74) is 1.41. The molecule has 3 heterocycles. The molecule has 4 rings (SSSR count). The molecular weight excluding hydrogens is 404 g/mol. The van der Waals surface area contributed by atoms with Gasteiger partial charge in [-0.05, 0) is 45.2 Å². The third kappa shape index (κ3) is 3.74. The maximum atomic E-state index is 12.6. The predicted octanol–water partition coefficient (Wildman–Crippen LogP) is 4.71. The number of aromatic nitrogens is 1. The Morgan fingerprint density at radius 1 is 1.33 bits per heavy atom. The Labute approximate surface area is 181 Å². The monoisotopic (exact) mass is 430 g/mol. The lowest BCUT2D eigenvalue weighted by molar-refractivity contribution is -0.618. The van der Waals surface area contributed by atoms with E-state index in [4.69, 9.17) is 21.1 Å². The number of pyridine rings is 1. The summed E-state index contributed by atoms with van der Waals surface area (Å²) in [5, 5.41) is 13.0. The minimum atomic E-state index is -0.561. The molecule has 3 atom stereocenters. The molecule has 1 amide bonds. The first-order valence-corrected chi connectivity index (χ1v) is 10.6. The number of fused-ring (bicyclic) bond motifs is 2. The normalized spacial score (nSPS) is 26.0. The van der Waals surface area contributed by atoms with Crippen LogP contribution in [0, 0.1) is 5.21 Å². The fraction of sp³-hybridized carbons (Fsp3) is 0.478. The van der Waals surface area contributed by atoms with Crippen LogP contribution in [0.1, 0.15) is 63.5 Å². The van der Waals surface area contributed by atoms with Gasteiger partial charge < -0.3 is 19.6 Å². The largest absolute Gasteiger partial charge is 0.618 e. The quantitative estimate of drug-likeness (QED) is 0.485. The molecule has 6 nitrogen and oxygen atoms in total. The third-order valence-electron chi connectivity index (χ3n) is 5.80. The number of benzene rings is 1. The van der Waals surface area contributed by atoms with Gasteiger partial charge in [0.25, 0.3) is 0 Å². The molecule has 1 spiro atoms. The molecule has 1 aromatic heterocycles. The van der Waals surface area contributed by atoms with Crippen LogP contribution in [0.25, 0.3) is 0 Å². The summed E-state index contributed by atoms with van der Waals surface area (Å²) < 4.78 is 13.0. The SMILES string of the molecule is CC1CC2(CCN1C(=O)OC(C)(C)C)OC(c1cc(Cl)cc[n+]1[O-])c1ccccc12. The fourth-order valence-corrected chi connectivity index (χ4v) is 4.70. The Kier molecular flexibility index (Phi) is 5.19. The zero-order valence-electron chi connectivity index (χ0n) is 17.7. The molecule has 0 saturated carbocycles. The number of rotatable bonds is 1. The Hall–Kier alpha value is -2.31. The lowest BCUT2D eigenvalue weighted by Crippen LogP contribution is -2.51. The summed E-state index contributed by atoms with van der Waals surface area (Å²) >= 11 is 6.16. The highest BCUT2D eigenvalue weighted by Crippen LogP contribution is 2.52. The first kappa shape index (κ1) is 20.9. The number of hydrogen-bond donors (Lipinski definition) is 0. The zero-order valence-corrected chi connectivity index (χ0v) is 18.5. The van der Waals surface area contributed by atoms with Gasteiger partial charge in [-0.3, -0.25) is 0 Å². The van der Waals surface area contributed by atoms with Crippen LogP contribution >= 0.6 is 11.6 Å². The van der Waals surface area contributed by atoms with E-state index in [2.05, 4.69) is 6.07 Å². The van der Waals surface area contributed by atoms with Gasteiger partial charge in [0, 0.05) is 31.1 Å². The van der Waals surface area contributed by atoms with Crippen molar-refractivity contribution in [1.29, 1.82) is 0 Å². The van der Waals surface area contributed by atoms with Gasteiger partial charge in [0.2, 0.25) is 5.69 Å². The summed E-state index contributed by atoms with van der Waals surface area (Å²) in [5.74, 6) is 0. The number of halogens is 1. The minimum absolute atomic E-state index is 0.0702. The molecule has 2 aliphatic heterocycles. The molecule has 2 aromatic rings. The van der Waals surface area contributed by atoms with Crippen LogP contribution in [-0.4, -0.2) is 29.2 Å². The van der Waals surface area contributed by atoms with Crippen LogP contribution in [0.15, 0.2) is 42.6 Å². The van der Waals surface area contributed by atoms with Crippen LogP contribution in [0.3, 0.4) is 0 Å². The van der Waals surface area contributed by atoms with Crippen molar-refractivity contribution in [3.63, 3.8) is 0 Å². The first-order chi connectivity index (χ1) is 14.1. The summed E-state index contributed by atoms with van der Waals surface area (Å²) in [6, 6.07) is 11.2. The molecule has 0 bridgehead atoms. The zero-order chi connectivity index (χ0) is 21.7. The van der Waals surface area contributed by atoms with Crippen molar-refractivity contribution in [2.45, 2.75) is 63.9 Å². The lowest BCUT2D eigenvalue weighted by Gasteiger charge is -2.43. The molecule has 0 radical (unpaired) electrons. The number of carbonyl (C=O) groups is 1. The molecule has 0 N–H and O–H groups in total. The van der Waals surface area contributed by atoms with E-state index in [1.165, 1.54) is 6.20 Å². The Morgan fingerprint density at radius 2 is 2.07 bits per heavy atom. The highest BCUT2D eigenvalue weighted by Gasteiger charge is 2.51. The molecule has 2 aliphatic rings. The number of likely N-dealkylation sites (tertiary alicyclic amines) is 1. The van der Waals surface area contributed by atoms with E-state index >= 15 is 0 Å². The second kappa shape index (κ2) is 7.43. The van der Waals surface area contributed by atoms with Crippen molar-refractivity contribution in [3.8, 4) is 0 Å². The molecule has 7 heteroatoms. The van der Waals surface area contributed by atoms with Gasteiger partial charge in [-0.2, -0.15) is 4.73 Å². The lowest BCUT2D eigenvalue weighted by atomic mass is 9.80. The van der Waals surface area contributed by atoms with E-state index in [1.54, 1.807) is 17.0 Å². The molecule has 1 fully saturated rings. The second-order valence-electron chi connectivity index (χ2n) is 9.15. The van der Waals surface area contributed by atoms with E-state index in [1.807, 2.05) is 45.9 Å². The number of ether oxygens (including phenoxy) is 2. The molecule has 1 aromatic carbocycles. The van der Waals surface area contributed by atoms with Gasteiger partial charge in [0.15, 0.2) is 12.3 Å². The predicted molar refractivity (Wildman–Crippen MR) is 113 cm³/mol. The van der Waals surface area contributed by atoms with E-state index in [9.17, 15) is 10.0 Å². The molecule has 1 saturated heterocycles. The van der Waals surface area contributed by atoms with Gasteiger partial charge in [-0.15, -0.1) is 0 Å². The van der Waals surface area contributed by atoms with E-state index in [-0.39, 0.29) is 12.1 Å². The van der Waals surface area contributed by atoms with E-state index in [0.717, 1.165) is 15.9 Å². The van der Waals surface area contributed by atoms with Crippen LogP contribution in [0.4, 0.5) is 4.79 Å². The molecule has 3 unspecified atom stereocenters. The van der Waals surface area contributed by atoms with Crippen molar-refractivity contribution in [3.05, 3.63) is 69.6 Å². The standard InChI is InChI=1S/C23H27ClN2O4/c1-15-14-23(10-12-25(15)21(27)30-22(2,3)4)18-8-6-5-7-17(18)20(29-23)19-13-16(24)9-11-26(19)28/h5-9,11,13,15,20H,10,12,14H2,1-4H3. The number of hydrogen-bond acceptors (Lipinski definition) is 4. The molecule has 160 valence electrons. The fourth-order valence-electron chi connectivity index (χ4n) is 4.54. The van der Waals surface area contributed by atoms with Crippen molar-refractivity contribution in [2.24, 2.45) is 0 Å². The Morgan fingerprint density at radius 3 is 2.77 bits per heavy atom. The number of amides is 1. The molecule has 0 aliphatic carbocycles. The Bertz CT molecular complexity index is 974.